The lowest BCUT2D eigenvalue weighted by molar-refractivity contribution is 0.457. The van der Waals surface area contributed by atoms with Crippen molar-refractivity contribution < 1.29 is 5.11 Å². The van der Waals surface area contributed by atoms with Crippen LogP contribution in [0.25, 0.3) is 16.5 Å². The molecule has 0 fully saturated rings. The van der Waals surface area contributed by atoms with Crippen LogP contribution < -0.4 is 0 Å². The van der Waals surface area contributed by atoms with Crippen LogP contribution in [0.15, 0.2) is 42.5 Å². The zero-order chi connectivity index (χ0) is 11.0. The Hall–Kier alpha value is -1.96. The van der Waals surface area contributed by atoms with Crippen LogP contribution in [-0.4, -0.2) is 10.1 Å². The van der Waals surface area contributed by atoms with Gasteiger partial charge in [0.05, 0.1) is 5.56 Å². The van der Waals surface area contributed by atoms with Gasteiger partial charge < -0.3 is 10.1 Å². The summed E-state index contributed by atoms with van der Waals surface area (Å²) in [7, 11) is 0. The zero-order valence-electron chi connectivity index (χ0n) is 8.90. The summed E-state index contributed by atoms with van der Waals surface area (Å²) in [6.45, 7) is 0. The fraction of sp³-hybridized carbons (Fsp3) is 0.143. The van der Waals surface area contributed by atoms with Crippen molar-refractivity contribution in [3.05, 3.63) is 48.1 Å². The van der Waals surface area contributed by atoms with Gasteiger partial charge in [-0.05, 0) is 24.5 Å². The van der Waals surface area contributed by atoms with E-state index in [4.69, 9.17) is 0 Å². The maximum atomic E-state index is 9.96. The lowest BCUT2D eigenvalue weighted by atomic mass is 9.99. The lowest BCUT2D eigenvalue weighted by Crippen LogP contribution is -1.84. The van der Waals surface area contributed by atoms with Gasteiger partial charge >= 0.3 is 0 Å². The Labute approximate surface area is 93.9 Å². The number of aromatic amines is 1. The largest absolute Gasteiger partial charge is 0.494 e. The third kappa shape index (κ3) is 1.34. The molecule has 1 aliphatic carbocycles. The molecule has 2 nitrogen and oxygen atoms in total. The van der Waals surface area contributed by atoms with E-state index in [9.17, 15) is 5.11 Å². The minimum atomic E-state index is 0.263. The van der Waals surface area contributed by atoms with Crippen molar-refractivity contribution in [1.29, 1.82) is 0 Å². The van der Waals surface area contributed by atoms with E-state index >= 15 is 0 Å². The number of H-pyrrole nitrogens is 1. The highest BCUT2D eigenvalue weighted by Crippen LogP contribution is 2.35. The third-order valence-electron chi connectivity index (χ3n) is 2.97. The van der Waals surface area contributed by atoms with Gasteiger partial charge in [-0.3, -0.25) is 0 Å². The number of hydrogen-bond acceptors (Lipinski definition) is 1. The Balaban J connectivity index is 2.26. The Kier molecular flexibility index (Phi) is 2.07. The van der Waals surface area contributed by atoms with Crippen LogP contribution in [0.4, 0.5) is 0 Å². The number of hydrogen-bond donors (Lipinski definition) is 2. The van der Waals surface area contributed by atoms with Gasteiger partial charge in [0.1, 0.15) is 0 Å². The molecule has 16 heavy (non-hydrogen) atoms. The Morgan fingerprint density at radius 2 is 2.00 bits per heavy atom. The molecule has 80 valence electrons. The molecule has 1 aliphatic rings. The van der Waals surface area contributed by atoms with Crippen LogP contribution >= 0.6 is 0 Å². The fourth-order valence-corrected chi connectivity index (χ4v) is 2.22. The first kappa shape index (κ1) is 9.28. The second-order valence-electron chi connectivity index (χ2n) is 4.03. The van der Waals surface area contributed by atoms with E-state index in [0.29, 0.717) is 0 Å². The molecule has 1 aromatic heterocycles. The Bertz CT molecular complexity index is 590. The molecule has 0 amide bonds. The summed E-state index contributed by atoms with van der Waals surface area (Å²) in [6, 6.07) is 7.97. The third-order valence-corrected chi connectivity index (χ3v) is 2.97. The first-order chi connectivity index (χ1) is 7.86. The average Bonchev–Trinajstić information content (AvgIpc) is 2.66. The Morgan fingerprint density at radius 1 is 1.12 bits per heavy atom. The lowest BCUT2D eigenvalue weighted by Gasteiger charge is -2.06. The first-order valence-corrected chi connectivity index (χ1v) is 5.53. The van der Waals surface area contributed by atoms with Crippen molar-refractivity contribution >= 4 is 16.5 Å². The van der Waals surface area contributed by atoms with Crippen LogP contribution in [0, 0.1) is 0 Å². The minimum absolute atomic E-state index is 0.263. The van der Waals surface area contributed by atoms with Gasteiger partial charge in [0, 0.05) is 10.9 Å². The fourth-order valence-electron chi connectivity index (χ4n) is 2.22. The molecule has 1 aromatic carbocycles. The first-order valence-electron chi connectivity index (χ1n) is 5.53. The summed E-state index contributed by atoms with van der Waals surface area (Å²) >= 11 is 0. The van der Waals surface area contributed by atoms with E-state index < -0.39 is 0 Å². The number of aromatic hydroxyl groups is 1. The molecule has 0 saturated heterocycles. The number of para-hydroxylation sites is 1. The molecule has 0 saturated carbocycles. The molecule has 2 heteroatoms. The van der Waals surface area contributed by atoms with E-state index in [2.05, 4.69) is 23.2 Å². The summed E-state index contributed by atoms with van der Waals surface area (Å²) < 4.78 is 0. The molecule has 0 radical (unpaired) electrons. The number of fused-ring (bicyclic) bond motifs is 1. The van der Waals surface area contributed by atoms with Gasteiger partial charge in [-0.2, -0.15) is 0 Å². The van der Waals surface area contributed by atoms with E-state index in [1.807, 2.05) is 24.3 Å². The topological polar surface area (TPSA) is 36.0 Å². The predicted octanol–water partition coefficient (Wildman–Crippen LogP) is 3.61. The van der Waals surface area contributed by atoms with E-state index in [1.54, 1.807) is 0 Å². The van der Waals surface area contributed by atoms with Gasteiger partial charge in [-0.15, -0.1) is 0 Å². The van der Waals surface area contributed by atoms with Crippen molar-refractivity contribution in [1.82, 2.24) is 4.98 Å². The van der Waals surface area contributed by atoms with Crippen molar-refractivity contribution in [3.63, 3.8) is 0 Å². The van der Waals surface area contributed by atoms with Crippen molar-refractivity contribution in [2.24, 2.45) is 0 Å². The molecule has 2 N–H and O–H groups in total. The maximum Gasteiger partial charge on any atom is 0.197 e. The quantitative estimate of drug-likeness (QED) is 0.742. The number of rotatable bonds is 1. The number of allylic oxidation sites excluding steroid dienone is 4. The summed E-state index contributed by atoms with van der Waals surface area (Å²) in [6.07, 6.45) is 8.54. The summed E-state index contributed by atoms with van der Waals surface area (Å²) in [5.74, 6) is 0.263. The van der Waals surface area contributed by atoms with Crippen molar-refractivity contribution in [2.75, 3.05) is 0 Å². The molecule has 0 unspecified atom stereocenters. The summed E-state index contributed by atoms with van der Waals surface area (Å²) in [5.41, 5.74) is 3.02. The van der Waals surface area contributed by atoms with Crippen LogP contribution in [0.1, 0.15) is 18.4 Å². The monoisotopic (exact) mass is 211 g/mol. The van der Waals surface area contributed by atoms with Gasteiger partial charge in [0.2, 0.25) is 0 Å². The number of aromatic nitrogens is 1. The summed E-state index contributed by atoms with van der Waals surface area (Å²) in [5, 5.41) is 11.0. The molecule has 3 rings (SSSR count). The zero-order valence-corrected chi connectivity index (χ0v) is 8.90. The molecule has 0 aliphatic heterocycles. The highest BCUT2D eigenvalue weighted by atomic mass is 16.3. The van der Waals surface area contributed by atoms with E-state index in [-0.39, 0.29) is 5.88 Å². The van der Waals surface area contributed by atoms with Crippen LogP contribution in [0.2, 0.25) is 0 Å². The van der Waals surface area contributed by atoms with Crippen LogP contribution in [0.5, 0.6) is 5.88 Å². The molecule has 0 bridgehead atoms. The standard InChI is InChI=1S/C14H13NO/c16-14-13(10-6-2-1-3-7-10)11-8-4-5-9-12(11)15-14/h2,4-9,15-16H,1,3H2. The predicted molar refractivity (Wildman–Crippen MR) is 66.3 cm³/mol. The Morgan fingerprint density at radius 3 is 2.81 bits per heavy atom. The molecular formula is C14H13NO. The maximum absolute atomic E-state index is 9.96. The number of benzene rings is 1. The molecule has 0 spiro atoms. The summed E-state index contributed by atoms with van der Waals surface area (Å²) in [4.78, 5) is 3.01. The SMILES string of the molecule is Oc1[nH]c2ccccc2c1C1=CCCC=C1. The van der Waals surface area contributed by atoms with Gasteiger partial charge in [-0.1, -0.05) is 36.4 Å². The second kappa shape index (κ2) is 3.56. The highest BCUT2D eigenvalue weighted by Gasteiger charge is 2.13. The van der Waals surface area contributed by atoms with Crippen molar-refractivity contribution in [2.45, 2.75) is 12.8 Å². The van der Waals surface area contributed by atoms with Crippen molar-refractivity contribution in [3.8, 4) is 5.88 Å². The normalized spacial score (nSPS) is 15.4. The van der Waals surface area contributed by atoms with E-state index in [1.165, 1.54) is 0 Å². The van der Waals surface area contributed by atoms with Gasteiger partial charge in [0.15, 0.2) is 5.88 Å². The highest BCUT2D eigenvalue weighted by molar-refractivity contribution is 5.98. The molecular weight excluding hydrogens is 198 g/mol. The second-order valence-corrected chi connectivity index (χ2v) is 4.03. The molecule has 1 heterocycles. The molecule has 2 aromatic rings. The van der Waals surface area contributed by atoms with Gasteiger partial charge in [-0.25, -0.2) is 0 Å². The van der Waals surface area contributed by atoms with Crippen LogP contribution in [-0.2, 0) is 0 Å². The molecule has 0 atom stereocenters. The smallest absolute Gasteiger partial charge is 0.197 e. The van der Waals surface area contributed by atoms with Gasteiger partial charge in [0.25, 0.3) is 0 Å². The van der Waals surface area contributed by atoms with Crippen LogP contribution in [0.3, 0.4) is 0 Å². The number of nitrogens with one attached hydrogen (secondary N) is 1. The average molecular weight is 211 g/mol. The van der Waals surface area contributed by atoms with E-state index in [0.717, 1.165) is 34.9 Å². The minimum Gasteiger partial charge on any atom is -0.494 e.